The molecule has 0 atom stereocenters. The number of aromatic nitrogens is 2. The van der Waals surface area contributed by atoms with E-state index < -0.39 is 0 Å². The first kappa shape index (κ1) is 28.8. The lowest BCUT2D eigenvalue weighted by Crippen LogP contribution is -1.99. The van der Waals surface area contributed by atoms with Crippen molar-refractivity contribution in [3.05, 3.63) is 168 Å². The topological polar surface area (TPSA) is 81.2 Å². The number of nitriles is 3. The zero-order valence-electron chi connectivity index (χ0n) is 26.7. The highest BCUT2D eigenvalue weighted by Crippen LogP contribution is 2.39. The van der Waals surface area contributed by atoms with Crippen molar-refractivity contribution in [2.24, 2.45) is 0 Å². The first-order valence-electron chi connectivity index (χ1n) is 16.3. The van der Waals surface area contributed by atoms with Gasteiger partial charge in [0.1, 0.15) is 0 Å². The Morgan fingerprint density at radius 2 is 0.980 bits per heavy atom. The van der Waals surface area contributed by atoms with E-state index in [1.165, 1.54) is 10.8 Å². The number of hydrogen-bond donors (Lipinski definition) is 0. The fourth-order valence-corrected chi connectivity index (χ4v) is 7.45. The third-order valence-electron chi connectivity index (χ3n) is 9.65. The van der Waals surface area contributed by atoms with Crippen LogP contribution in [0.3, 0.4) is 0 Å². The molecular formula is C45H25N5. The van der Waals surface area contributed by atoms with E-state index >= 15 is 0 Å². The van der Waals surface area contributed by atoms with Crippen LogP contribution in [-0.2, 0) is 0 Å². The monoisotopic (exact) mass is 635 g/mol. The van der Waals surface area contributed by atoms with Crippen LogP contribution < -0.4 is 0 Å². The lowest BCUT2D eigenvalue weighted by atomic mass is 9.94. The molecule has 230 valence electrons. The molecule has 9 aromatic rings. The van der Waals surface area contributed by atoms with Crippen LogP contribution in [0.4, 0.5) is 0 Å². The summed E-state index contributed by atoms with van der Waals surface area (Å²) in [6, 6.07) is 57.7. The van der Waals surface area contributed by atoms with Gasteiger partial charge in [0, 0.05) is 38.4 Å². The van der Waals surface area contributed by atoms with Crippen LogP contribution in [0, 0.1) is 34.0 Å². The smallest absolute Gasteiger partial charge is 0.0998 e. The Morgan fingerprint density at radius 1 is 0.400 bits per heavy atom. The average Bonchev–Trinajstić information content (AvgIpc) is 3.70. The normalized spacial score (nSPS) is 11.1. The van der Waals surface area contributed by atoms with Gasteiger partial charge in [-0.2, -0.15) is 15.8 Å². The largest absolute Gasteiger partial charge is 0.309 e. The van der Waals surface area contributed by atoms with Gasteiger partial charge in [0.25, 0.3) is 0 Å². The maximum Gasteiger partial charge on any atom is 0.0998 e. The first-order chi connectivity index (χ1) is 24.7. The Balaban J connectivity index is 1.21. The van der Waals surface area contributed by atoms with Gasteiger partial charge < -0.3 is 9.13 Å². The van der Waals surface area contributed by atoms with E-state index in [0.717, 1.165) is 66.5 Å². The summed E-state index contributed by atoms with van der Waals surface area (Å²) in [5, 5.41) is 34.5. The SMILES string of the molecule is N#Cc1ccc2c(c1)c1ccccc1n2-c1cccc(C#N)c1-c1ccc(-c2cc(-n3c4ccccc4c4ccccc43)ccc2C#N)cc1. The second-order valence-corrected chi connectivity index (χ2v) is 12.3. The van der Waals surface area contributed by atoms with Gasteiger partial charge in [-0.25, -0.2) is 0 Å². The molecule has 5 nitrogen and oxygen atoms in total. The summed E-state index contributed by atoms with van der Waals surface area (Å²) in [5.41, 5.74) is 11.2. The van der Waals surface area contributed by atoms with Crippen LogP contribution in [0.25, 0.3) is 77.2 Å². The summed E-state index contributed by atoms with van der Waals surface area (Å²) < 4.78 is 4.43. The van der Waals surface area contributed by atoms with Gasteiger partial charge in [-0.3, -0.25) is 0 Å². The Kier molecular flexibility index (Phi) is 6.56. The van der Waals surface area contributed by atoms with Crippen LogP contribution in [0.5, 0.6) is 0 Å². The molecule has 0 bridgehead atoms. The Hall–Kier alpha value is -7.39. The zero-order chi connectivity index (χ0) is 33.8. The van der Waals surface area contributed by atoms with Crippen LogP contribution in [0.1, 0.15) is 16.7 Å². The Bertz CT molecular complexity index is 2900. The number of nitrogens with zero attached hydrogens (tertiary/aromatic N) is 5. The van der Waals surface area contributed by atoms with Gasteiger partial charge in [-0.1, -0.05) is 84.9 Å². The van der Waals surface area contributed by atoms with Crippen molar-refractivity contribution in [2.75, 3.05) is 0 Å². The fraction of sp³-hybridized carbons (Fsp3) is 0. The van der Waals surface area contributed by atoms with Gasteiger partial charge >= 0.3 is 0 Å². The van der Waals surface area contributed by atoms with Crippen molar-refractivity contribution >= 4 is 43.6 Å². The molecule has 2 heterocycles. The van der Waals surface area contributed by atoms with Crippen molar-refractivity contribution in [1.29, 1.82) is 15.8 Å². The number of benzene rings is 7. The summed E-state index contributed by atoms with van der Waals surface area (Å²) >= 11 is 0. The molecule has 9 rings (SSSR count). The molecular weight excluding hydrogens is 611 g/mol. The standard InChI is InChI=1S/C45H25N5/c46-26-29-16-23-43-39(24-29)37-11-3-6-14-42(37)50(43)44-15-7-8-33(28-48)45(44)31-19-17-30(18-20-31)38-25-34(22-21-32(38)27-47)49-40-12-4-1-9-35(40)36-10-2-5-13-41(36)49/h1-25H. The van der Waals surface area contributed by atoms with Crippen molar-refractivity contribution in [1.82, 2.24) is 9.13 Å². The summed E-state index contributed by atoms with van der Waals surface area (Å²) in [6.07, 6.45) is 0. The quantitative estimate of drug-likeness (QED) is 0.193. The van der Waals surface area contributed by atoms with E-state index in [9.17, 15) is 15.8 Å². The third kappa shape index (κ3) is 4.31. The van der Waals surface area contributed by atoms with Crippen LogP contribution in [0.2, 0.25) is 0 Å². The Morgan fingerprint density at radius 3 is 1.62 bits per heavy atom. The van der Waals surface area contributed by atoms with Gasteiger partial charge in [0.05, 0.1) is 62.7 Å². The van der Waals surface area contributed by atoms with Crippen LogP contribution in [-0.4, -0.2) is 9.13 Å². The van der Waals surface area contributed by atoms with E-state index in [2.05, 4.69) is 94.1 Å². The summed E-state index contributed by atoms with van der Waals surface area (Å²) in [6.45, 7) is 0. The molecule has 0 radical (unpaired) electrons. The molecule has 2 aromatic heterocycles. The lowest BCUT2D eigenvalue weighted by molar-refractivity contribution is 1.18. The molecule has 0 saturated heterocycles. The molecule has 0 amide bonds. The number of rotatable bonds is 4. The lowest BCUT2D eigenvalue weighted by Gasteiger charge is -2.16. The molecule has 0 aliphatic rings. The molecule has 0 fully saturated rings. The van der Waals surface area contributed by atoms with Crippen LogP contribution in [0.15, 0.2) is 152 Å². The predicted molar refractivity (Wildman–Crippen MR) is 200 cm³/mol. The molecule has 5 heteroatoms. The second-order valence-electron chi connectivity index (χ2n) is 12.3. The molecule has 0 aliphatic heterocycles. The molecule has 0 spiro atoms. The second kappa shape index (κ2) is 11.4. The summed E-state index contributed by atoms with van der Waals surface area (Å²) in [4.78, 5) is 0. The van der Waals surface area contributed by atoms with Gasteiger partial charge in [-0.05, 0) is 77.9 Å². The highest BCUT2D eigenvalue weighted by molar-refractivity contribution is 6.11. The van der Waals surface area contributed by atoms with Gasteiger partial charge in [0.15, 0.2) is 0 Å². The van der Waals surface area contributed by atoms with Crippen LogP contribution >= 0.6 is 0 Å². The number of para-hydroxylation sites is 3. The third-order valence-corrected chi connectivity index (χ3v) is 9.65. The predicted octanol–water partition coefficient (Wildman–Crippen LogP) is 10.8. The summed E-state index contributed by atoms with van der Waals surface area (Å²) in [7, 11) is 0. The molecule has 50 heavy (non-hydrogen) atoms. The summed E-state index contributed by atoms with van der Waals surface area (Å²) in [5.74, 6) is 0. The van der Waals surface area contributed by atoms with E-state index in [1.807, 2.05) is 84.9 Å². The molecule has 0 N–H and O–H groups in total. The number of fused-ring (bicyclic) bond motifs is 6. The highest BCUT2D eigenvalue weighted by atomic mass is 15.0. The minimum absolute atomic E-state index is 0.556. The zero-order valence-corrected chi connectivity index (χ0v) is 26.7. The Labute approximate surface area is 287 Å². The van der Waals surface area contributed by atoms with E-state index in [4.69, 9.17) is 0 Å². The van der Waals surface area contributed by atoms with Crippen molar-refractivity contribution in [3.8, 4) is 51.8 Å². The number of hydrogen-bond acceptors (Lipinski definition) is 3. The molecule has 0 saturated carbocycles. The van der Waals surface area contributed by atoms with Crippen molar-refractivity contribution < 1.29 is 0 Å². The maximum atomic E-state index is 10.3. The first-order valence-corrected chi connectivity index (χ1v) is 16.3. The van der Waals surface area contributed by atoms with Gasteiger partial charge in [-0.15, -0.1) is 0 Å². The molecule has 0 aliphatic carbocycles. The van der Waals surface area contributed by atoms with Gasteiger partial charge in [0.2, 0.25) is 0 Å². The molecule has 7 aromatic carbocycles. The average molecular weight is 636 g/mol. The highest BCUT2D eigenvalue weighted by Gasteiger charge is 2.19. The molecule has 0 unspecified atom stereocenters. The van der Waals surface area contributed by atoms with E-state index in [-0.39, 0.29) is 0 Å². The maximum absolute atomic E-state index is 10.3. The minimum Gasteiger partial charge on any atom is -0.309 e. The van der Waals surface area contributed by atoms with Crippen molar-refractivity contribution in [3.63, 3.8) is 0 Å². The minimum atomic E-state index is 0.556. The van der Waals surface area contributed by atoms with E-state index in [1.54, 1.807) is 0 Å². The van der Waals surface area contributed by atoms with E-state index in [0.29, 0.717) is 16.7 Å². The van der Waals surface area contributed by atoms with Crippen molar-refractivity contribution in [2.45, 2.75) is 0 Å². The fourth-order valence-electron chi connectivity index (χ4n) is 7.45.